The number of carbonyl (C=O) groups is 3. The first-order valence-electron chi connectivity index (χ1n) is 13.2. The molecular formula is C32H26N4O4. The highest BCUT2D eigenvalue weighted by Gasteiger charge is 2.53. The average molecular weight is 531 g/mol. The molecule has 3 aromatic carbocycles. The van der Waals surface area contributed by atoms with Crippen LogP contribution in [0.5, 0.6) is 0 Å². The summed E-state index contributed by atoms with van der Waals surface area (Å²) in [4.78, 5) is 47.0. The Morgan fingerprint density at radius 2 is 1.75 bits per heavy atom. The number of furan rings is 1. The third kappa shape index (κ3) is 3.79. The fourth-order valence-electron chi connectivity index (χ4n) is 5.85. The number of fused-ring (bicyclic) bond motifs is 4. The van der Waals surface area contributed by atoms with E-state index in [2.05, 4.69) is 16.4 Å². The molecule has 4 amide bonds. The van der Waals surface area contributed by atoms with Gasteiger partial charge in [-0.25, -0.2) is 9.69 Å². The molecule has 2 N–H and O–H groups in total. The third-order valence-corrected chi connectivity index (χ3v) is 7.83. The van der Waals surface area contributed by atoms with Crippen molar-refractivity contribution in [1.29, 1.82) is 0 Å². The standard InChI is InChI=1S/C32H26N4O4/c1-19-8-10-20(11-9-19)29-28-25(24-6-2-3-7-26(24)34-28)17-27-31(38)35(32(39)36(27)29)22-14-12-21(13-15-22)30(37)33-18-23-5-4-16-40-23/h2-16,27,29,34H,17-18H2,1H3,(H,33,37). The van der Waals surface area contributed by atoms with Crippen LogP contribution >= 0.6 is 0 Å². The predicted octanol–water partition coefficient (Wildman–Crippen LogP) is 5.48. The van der Waals surface area contributed by atoms with Crippen LogP contribution in [0.3, 0.4) is 0 Å². The zero-order valence-corrected chi connectivity index (χ0v) is 21.8. The molecule has 0 saturated carbocycles. The van der Waals surface area contributed by atoms with E-state index < -0.39 is 12.1 Å². The molecule has 4 heterocycles. The molecule has 8 nitrogen and oxygen atoms in total. The van der Waals surface area contributed by atoms with Gasteiger partial charge in [0.1, 0.15) is 17.8 Å². The highest BCUT2D eigenvalue weighted by atomic mass is 16.3. The number of carbonyl (C=O) groups excluding carboxylic acids is 3. The van der Waals surface area contributed by atoms with E-state index in [1.165, 1.54) is 4.90 Å². The molecule has 2 atom stereocenters. The van der Waals surface area contributed by atoms with Crippen LogP contribution in [0.4, 0.5) is 10.5 Å². The van der Waals surface area contributed by atoms with E-state index in [0.717, 1.165) is 33.3 Å². The Balaban J connectivity index is 1.22. The minimum atomic E-state index is -0.637. The van der Waals surface area contributed by atoms with E-state index in [1.54, 1.807) is 47.6 Å². The number of nitrogens with one attached hydrogen (secondary N) is 2. The zero-order chi connectivity index (χ0) is 27.4. The molecule has 2 unspecified atom stereocenters. The average Bonchev–Trinajstić information content (AvgIpc) is 3.69. The van der Waals surface area contributed by atoms with E-state index in [0.29, 0.717) is 23.4 Å². The molecule has 198 valence electrons. The van der Waals surface area contributed by atoms with Crippen molar-refractivity contribution < 1.29 is 18.8 Å². The number of benzene rings is 3. The van der Waals surface area contributed by atoms with E-state index in [-0.39, 0.29) is 24.4 Å². The summed E-state index contributed by atoms with van der Waals surface area (Å²) in [5, 5.41) is 3.87. The topological polar surface area (TPSA) is 98.6 Å². The summed E-state index contributed by atoms with van der Waals surface area (Å²) in [7, 11) is 0. The van der Waals surface area contributed by atoms with Gasteiger partial charge in [-0.2, -0.15) is 0 Å². The Bertz CT molecular complexity index is 1750. The summed E-state index contributed by atoms with van der Waals surface area (Å²) in [6.07, 6.45) is 1.98. The second kappa shape index (κ2) is 9.27. The molecule has 8 heteroatoms. The number of hydrogen-bond acceptors (Lipinski definition) is 4. The number of aromatic nitrogens is 1. The summed E-state index contributed by atoms with van der Waals surface area (Å²) < 4.78 is 5.26. The van der Waals surface area contributed by atoms with Crippen molar-refractivity contribution in [1.82, 2.24) is 15.2 Å². The molecule has 40 heavy (non-hydrogen) atoms. The Labute approximate surface area is 230 Å². The lowest BCUT2D eigenvalue weighted by molar-refractivity contribution is -0.120. The number of aryl methyl sites for hydroxylation is 1. The van der Waals surface area contributed by atoms with Gasteiger partial charge < -0.3 is 14.7 Å². The van der Waals surface area contributed by atoms with Crippen LogP contribution in [0.15, 0.2) is 95.6 Å². The van der Waals surface area contributed by atoms with Gasteiger partial charge in [0.2, 0.25) is 0 Å². The second-order valence-corrected chi connectivity index (χ2v) is 10.3. The number of anilines is 1. The van der Waals surface area contributed by atoms with Gasteiger partial charge in [0.15, 0.2) is 0 Å². The molecule has 2 aliphatic rings. The normalized spacial score (nSPS) is 18.2. The smallest absolute Gasteiger partial charge is 0.332 e. The van der Waals surface area contributed by atoms with Crippen molar-refractivity contribution in [2.24, 2.45) is 0 Å². The molecule has 2 aliphatic heterocycles. The quantitative estimate of drug-likeness (QED) is 0.294. The van der Waals surface area contributed by atoms with Gasteiger partial charge >= 0.3 is 6.03 Å². The number of rotatable bonds is 5. The number of aromatic amines is 1. The van der Waals surface area contributed by atoms with E-state index in [9.17, 15) is 14.4 Å². The van der Waals surface area contributed by atoms with Crippen molar-refractivity contribution in [3.05, 3.63) is 125 Å². The summed E-state index contributed by atoms with van der Waals surface area (Å²) in [5.74, 6) is 0.105. The monoisotopic (exact) mass is 530 g/mol. The Morgan fingerprint density at radius 1 is 0.975 bits per heavy atom. The van der Waals surface area contributed by atoms with Crippen molar-refractivity contribution in [3.63, 3.8) is 0 Å². The van der Waals surface area contributed by atoms with E-state index >= 15 is 0 Å². The fraction of sp³-hybridized carbons (Fsp3) is 0.156. The van der Waals surface area contributed by atoms with Crippen LogP contribution in [0.25, 0.3) is 10.9 Å². The van der Waals surface area contributed by atoms with Gasteiger partial charge in [-0.15, -0.1) is 0 Å². The Morgan fingerprint density at radius 3 is 2.50 bits per heavy atom. The molecule has 1 fully saturated rings. The highest BCUT2D eigenvalue weighted by molar-refractivity contribution is 6.22. The van der Waals surface area contributed by atoms with Crippen LogP contribution in [-0.4, -0.2) is 33.8 Å². The maximum Gasteiger partial charge on any atom is 0.332 e. The Kier molecular flexibility index (Phi) is 5.55. The lowest BCUT2D eigenvalue weighted by Crippen LogP contribution is -2.44. The molecule has 5 aromatic rings. The van der Waals surface area contributed by atoms with Crippen LogP contribution in [0.1, 0.15) is 44.5 Å². The molecule has 0 radical (unpaired) electrons. The first-order chi connectivity index (χ1) is 19.5. The van der Waals surface area contributed by atoms with Gasteiger partial charge in [-0.3, -0.25) is 14.5 Å². The SMILES string of the molecule is Cc1ccc(C2c3[nH]c4ccccc4c3CC3C(=O)N(c4ccc(C(=O)NCc5ccco5)cc4)C(=O)N32)cc1. The highest BCUT2D eigenvalue weighted by Crippen LogP contribution is 2.44. The summed E-state index contributed by atoms with van der Waals surface area (Å²) >= 11 is 0. The zero-order valence-electron chi connectivity index (χ0n) is 21.8. The predicted molar refractivity (Wildman–Crippen MR) is 150 cm³/mol. The van der Waals surface area contributed by atoms with Crippen molar-refractivity contribution in [3.8, 4) is 0 Å². The first kappa shape index (κ1) is 24.0. The molecule has 0 bridgehead atoms. The summed E-state index contributed by atoms with van der Waals surface area (Å²) in [6.45, 7) is 2.29. The van der Waals surface area contributed by atoms with Crippen LogP contribution in [0, 0.1) is 6.92 Å². The summed E-state index contributed by atoms with van der Waals surface area (Å²) in [5.41, 5.74) is 5.90. The van der Waals surface area contributed by atoms with Crippen LogP contribution in [0.2, 0.25) is 0 Å². The minimum absolute atomic E-state index is 0.266. The van der Waals surface area contributed by atoms with Crippen molar-refractivity contribution in [2.75, 3.05) is 4.90 Å². The van der Waals surface area contributed by atoms with Crippen molar-refractivity contribution >= 4 is 34.4 Å². The van der Waals surface area contributed by atoms with Gasteiger partial charge in [0, 0.05) is 28.6 Å². The number of hydrogen-bond donors (Lipinski definition) is 2. The number of nitrogens with zero attached hydrogens (tertiary/aromatic N) is 2. The van der Waals surface area contributed by atoms with Crippen molar-refractivity contribution in [2.45, 2.75) is 32.0 Å². The van der Waals surface area contributed by atoms with E-state index in [4.69, 9.17) is 4.42 Å². The lowest BCUT2D eigenvalue weighted by atomic mass is 9.88. The number of para-hydroxylation sites is 1. The minimum Gasteiger partial charge on any atom is -0.467 e. The molecule has 0 spiro atoms. The maximum absolute atomic E-state index is 14.0. The molecule has 7 rings (SSSR count). The van der Waals surface area contributed by atoms with Gasteiger partial charge in [-0.1, -0.05) is 48.0 Å². The second-order valence-electron chi connectivity index (χ2n) is 10.3. The third-order valence-electron chi connectivity index (χ3n) is 7.83. The number of amides is 4. The lowest BCUT2D eigenvalue weighted by Gasteiger charge is -2.36. The summed E-state index contributed by atoms with van der Waals surface area (Å²) in [6, 6.07) is 24.8. The van der Waals surface area contributed by atoms with Crippen LogP contribution in [-0.2, 0) is 17.8 Å². The molecule has 2 aromatic heterocycles. The molecular weight excluding hydrogens is 504 g/mol. The molecule has 1 saturated heterocycles. The first-order valence-corrected chi connectivity index (χ1v) is 13.2. The van der Waals surface area contributed by atoms with Gasteiger partial charge in [-0.05, 0) is 60.5 Å². The number of H-pyrrole nitrogens is 1. The number of imide groups is 1. The fourth-order valence-corrected chi connectivity index (χ4v) is 5.85. The van der Waals surface area contributed by atoms with Gasteiger partial charge in [0.25, 0.3) is 11.8 Å². The van der Waals surface area contributed by atoms with Crippen LogP contribution < -0.4 is 10.2 Å². The van der Waals surface area contributed by atoms with E-state index in [1.807, 2.05) is 49.4 Å². The Hall–Kier alpha value is -5.11. The largest absolute Gasteiger partial charge is 0.467 e. The maximum atomic E-state index is 14.0. The van der Waals surface area contributed by atoms with Gasteiger partial charge in [0.05, 0.1) is 18.5 Å². The number of urea groups is 1. The molecule has 0 aliphatic carbocycles.